The number of hydrogen-bond donors (Lipinski definition) is 0. The van der Waals surface area contributed by atoms with E-state index >= 15 is 0 Å². The Labute approximate surface area is 107 Å². The first-order valence-corrected chi connectivity index (χ1v) is 6.00. The maximum atomic E-state index is 11.0. The zero-order chi connectivity index (χ0) is 13.5. The molecule has 98 valence electrons. The first-order valence-electron chi connectivity index (χ1n) is 6.00. The number of rotatable bonds is 6. The van der Waals surface area contributed by atoms with Crippen molar-refractivity contribution in [1.82, 2.24) is 0 Å². The number of nitro benzene ring substituents is 1. The molecule has 1 aromatic carbocycles. The minimum atomic E-state index is -0.381. The van der Waals surface area contributed by atoms with Crippen LogP contribution in [0.5, 0.6) is 0 Å². The molecule has 18 heavy (non-hydrogen) atoms. The Hall–Kier alpha value is -1.91. The van der Waals surface area contributed by atoms with Gasteiger partial charge in [0.2, 0.25) is 0 Å². The molecule has 5 nitrogen and oxygen atoms in total. The maximum Gasteiger partial charge on any atom is 0.276 e. The number of nitrogens with zero attached hydrogens (tertiary/aromatic N) is 2. The summed E-state index contributed by atoms with van der Waals surface area (Å²) in [5.74, 6) is 0. The van der Waals surface area contributed by atoms with E-state index in [-0.39, 0.29) is 17.2 Å². The molecule has 0 aromatic heterocycles. The van der Waals surface area contributed by atoms with E-state index in [1.54, 1.807) is 6.07 Å². The van der Waals surface area contributed by atoms with Gasteiger partial charge in [-0.3, -0.25) is 10.1 Å². The van der Waals surface area contributed by atoms with Crippen molar-refractivity contribution >= 4 is 11.4 Å². The maximum absolute atomic E-state index is 11.0. The van der Waals surface area contributed by atoms with Crippen molar-refractivity contribution in [3.05, 3.63) is 39.4 Å². The van der Waals surface area contributed by atoms with Crippen molar-refractivity contribution in [2.24, 2.45) is 5.16 Å². The van der Waals surface area contributed by atoms with Gasteiger partial charge in [0.15, 0.2) is 0 Å². The van der Waals surface area contributed by atoms with Crippen molar-refractivity contribution in [1.29, 1.82) is 0 Å². The normalized spacial score (nSPS) is 11.4. The Morgan fingerprint density at radius 3 is 2.72 bits per heavy atom. The van der Waals surface area contributed by atoms with Gasteiger partial charge in [0.25, 0.3) is 5.69 Å². The minimum absolute atomic E-state index is 0.0960. The Kier molecular flexibility index (Phi) is 5.30. The van der Waals surface area contributed by atoms with Crippen LogP contribution in [-0.2, 0) is 17.9 Å². The SMILES string of the molecule is CCC(C)=NOCc1c(CC)cccc1[N+](=O)[O-]. The van der Waals surface area contributed by atoms with Crippen molar-refractivity contribution < 1.29 is 9.76 Å². The lowest BCUT2D eigenvalue weighted by Gasteiger charge is -2.07. The molecule has 1 rings (SSSR count). The van der Waals surface area contributed by atoms with Crippen molar-refractivity contribution in [2.75, 3.05) is 0 Å². The van der Waals surface area contributed by atoms with Gasteiger partial charge in [-0.1, -0.05) is 31.1 Å². The molecule has 0 saturated carbocycles. The fourth-order valence-electron chi connectivity index (χ4n) is 1.56. The molecule has 1 aromatic rings. The standard InChI is InChI=1S/C13H18N2O3/c1-4-10(3)14-18-9-12-11(5-2)7-6-8-13(12)15(16)17/h6-8H,4-5,9H2,1-3H3. The van der Waals surface area contributed by atoms with Crippen LogP contribution in [0, 0.1) is 10.1 Å². The quantitative estimate of drug-likeness (QED) is 0.441. The van der Waals surface area contributed by atoms with Gasteiger partial charge in [0, 0.05) is 6.07 Å². The Morgan fingerprint density at radius 2 is 2.17 bits per heavy atom. The summed E-state index contributed by atoms with van der Waals surface area (Å²) in [6, 6.07) is 5.07. The highest BCUT2D eigenvalue weighted by molar-refractivity contribution is 5.80. The van der Waals surface area contributed by atoms with E-state index in [0.29, 0.717) is 5.56 Å². The topological polar surface area (TPSA) is 64.7 Å². The van der Waals surface area contributed by atoms with Crippen LogP contribution in [0.4, 0.5) is 5.69 Å². The van der Waals surface area contributed by atoms with Crippen LogP contribution >= 0.6 is 0 Å². The molecule has 0 saturated heterocycles. The van der Waals surface area contributed by atoms with E-state index in [1.807, 2.05) is 26.8 Å². The molecule has 0 atom stereocenters. The number of benzene rings is 1. The molecule has 0 heterocycles. The summed E-state index contributed by atoms with van der Waals surface area (Å²) in [5.41, 5.74) is 2.50. The van der Waals surface area contributed by atoms with Crippen molar-refractivity contribution in [2.45, 2.75) is 40.2 Å². The largest absolute Gasteiger partial charge is 0.391 e. The third kappa shape index (κ3) is 3.55. The molecule has 0 unspecified atom stereocenters. The zero-order valence-corrected chi connectivity index (χ0v) is 11.0. The Balaban J connectivity index is 2.94. The Morgan fingerprint density at radius 1 is 1.44 bits per heavy atom. The summed E-state index contributed by atoms with van der Waals surface area (Å²) >= 11 is 0. The molecule has 5 heteroatoms. The van der Waals surface area contributed by atoms with Crippen LogP contribution in [0.3, 0.4) is 0 Å². The highest BCUT2D eigenvalue weighted by Gasteiger charge is 2.16. The Bertz CT molecular complexity index is 456. The lowest BCUT2D eigenvalue weighted by Crippen LogP contribution is -2.01. The van der Waals surface area contributed by atoms with Gasteiger partial charge in [-0.2, -0.15) is 0 Å². The third-order valence-electron chi connectivity index (χ3n) is 2.77. The number of hydrogen-bond acceptors (Lipinski definition) is 4. The van der Waals surface area contributed by atoms with Gasteiger partial charge in [-0.05, 0) is 25.3 Å². The number of oxime groups is 1. The van der Waals surface area contributed by atoms with Crippen molar-refractivity contribution in [3.63, 3.8) is 0 Å². The molecule has 0 radical (unpaired) electrons. The molecular formula is C13H18N2O3. The molecule has 0 N–H and O–H groups in total. The molecule has 0 amide bonds. The van der Waals surface area contributed by atoms with Crippen molar-refractivity contribution in [3.8, 4) is 0 Å². The predicted octanol–water partition coefficient (Wildman–Crippen LogP) is 3.46. The summed E-state index contributed by atoms with van der Waals surface area (Å²) in [6.45, 7) is 5.94. The lowest BCUT2D eigenvalue weighted by atomic mass is 10.0. The highest BCUT2D eigenvalue weighted by atomic mass is 16.6. The van der Waals surface area contributed by atoms with E-state index in [1.165, 1.54) is 6.07 Å². The monoisotopic (exact) mass is 250 g/mol. The second-order valence-electron chi connectivity index (χ2n) is 3.98. The van der Waals surface area contributed by atoms with Gasteiger partial charge in [-0.25, -0.2) is 0 Å². The molecule has 0 aliphatic carbocycles. The first-order chi connectivity index (χ1) is 8.60. The summed E-state index contributed by atoms with van der Waals surface area (Å²) < 4.78 is 0. The van der Waals surface area contributed by atoms with Crippen LogP contribution in [0.1, 0.15) is 38.3 Å². The van der Waals surface area contributed by atoms with Crippen LogP contribution in [0.15, 0.2) is 23.4 Å². The fourth-order valence-corrected chi connectivity index (χ4v) is 1.56. The minimum Gasteiger partial charge on any atom is -0.391 e. The molecule has 0 aliphatic heterocycles. The number of aryl methyl sites for hydroxylation is 1. The summed E-state index contributed by atoms with van der Waals surface area (Å²) in [7, 11) is 0. The third-order valence-corrected chi connectivity index (χ3v) is 2.77. The average Bonchev–Trinajstić information content (AvgIpc) is 2.38. The molecular weight excluding hydrogens is 232 g/mol. The van der Waals surface area contributed by atoms with Crippen LogP contribution < -0.4 is 0 Å². The second-order valence-corrected chi connectivity index (χ2v) is 3.98. The van der Waals surface area contributed by atoms with Crippen LogP contribution in [0.2, 0.25) is 0 Å². The average molecular weight is 250 g/mol. The van der Waals surface area contributed by atoms with Crippen LogP contribution in [0.25, 0.3) is 0 Å². The van der Waals surface area contributed by atoms with Crippen LogP contribution in [-0.4, -0.2) is 10.6 Å². The molecule has 0 bridgehead atoms. The van der Waals surface area contributed by atoms with Gasteiger partial charge in [-0.15, -0.1) is 0 Å². The van der Waals surface area contributed by atoms with E-state index in [0.717, 1.165) is 24.1 Å². The fraction of sp³-hybridized carbons (Fsp3) is 0.462. The predicted molar refractivity (Wildman–Crippen MR) is 70.7 cm³/mol. The summed E-state index contributed by atoms with van der Waals surface area (Å²) in [5, 5.41) is 14.9. The number of nitro groups is 1. The van der Waals surface area contributed by atoms with Gasteiger partial charge >= 0.3 is 0 Å². The van der Waals surface area contributed by atoms with E-state index in [2.05, 4.69) is 5.16 Å². The zero-order valence-electron chi connectivity index (χ0n) is 11.0. The van der Waals surface area contributed by atoms with Gasteiger partial charge < -0.3 is 4.84 Å². The first kappa shape index (κ1) is 14.2. The van der Waals surface area contributed by atoms with Gasteiger partial charge in [0.1, 0.15) is 6.61 Å². The van der Waals surface area contributed by atoms with E-state index in [4.69, 9.17) is 4.84 Å². The molecule has 0 spiro atoms. The van der Waals surface area contributed by atoms with Gasteiger partial charge in [0.05, 0.1) is 16.2 Å². The van der Waals surface area contributed by atoms with E-state index in [9.17, 15) is 10.1 Å². The summed E-state index contributed by atoms with van der Waals surface area (Å²) in [6.07, 6.45) is 1.54. The smallest absolute Gasteiger partial charge is 0.276 e. The second kappa shape index (κ2) is 6.74. The lowest BCUT2D eigenvalue weighted by molar-refractivity contribution is -0.386. The van der Waals surface area contributed by atoms with E-state index < -0.39 is 0 Å². The molecule has 0 aliphatic rings. The molecule has 0 fully saturated rings. The summed E-state index contributed by atoms with van der Waals surface area (Å²) in [4.78, 5) is 15.8. The highest BCUT2D eigenvalue weighted by Crippen LogP contribution is 2.23.